The van der Waals surface area contributed by atoms with E-state index in [2.05, 4.69) is 57.2 Å². The fourth-order valence-electron chi connectivity index (χ4n) is 7.09. The van der Waals surface area contributed by atoms with Crippen LogP contribution in [0.4, 0.5) is 0 Å². The Kier molecular flexibility index (Phi) is 47.9. The van der Waals surface area contributed by atoms with Crippen molar-refractivity contribution in [2.24, 2.45) is 0 Å². The maximum atomic E-state index is 12.8. The van der Waals surface area contributed by atoms with Crippen molar-refractivity contribution in [1.82, 2.24) is 0 Å². The molecule has 356 valence electrons. The van der Waals surface area contributed by atoms with Crippen LogP contribution in [0.1, 0.15) is 245 Å². The van der Waals surface area contributed by atoms with Crippen molar-refractivity contribution >= 4 is 17.9 Å². The van der Waals surface area contributed by atoms with Gasteiger partial charge in [0.1, 0.15) is 13.2 Å². The lowest BCUT2D eigenvalue weighted by Crippen LogP contribution is -2.30. The molecule has 0 aliphatic rings. The zero-order valence-electron chi connectivity index (χ0n) is 40.6. The first-order valence-electron chi connectivity index (χ1n) is 26.0. The molecule has 6 nitrogen and oxygen atoms in total. The minimum Gasteiger partial charge on any atom is -0.462 e. The topological polar surface area (TPSA) is 78.9 Å². The van der Waals surface area contributed by atoms with Gasteiger partial charge in [-0.25, -0.2) is 0 Å². The molecule has 6 heteroatoms. The molecule has 0 N–H and O–H groups in total. The second-order valence-corrected chi connectivity index (χ2v) is 17.1. The minimum atomic E-state index is -0.796. The smallest absolute Gasteiger partial charge is 0.306 e. The first kappa shape index (κ1) is 58.9. The van der Waals surface area contributed by atoms with Gasteiger partial charge in [-0.15, -0.1) is 0 Å². The normalized spacial score (nSPS) is 12.6. The summed E-state index contributed by atoms with van der Waals surface area (Å²) >= 11 is 0. The maximum Gasteiger partial charge on any atom is 0.306 e. The molecular formula is C56H96O6. The number of hydrogen-bond donors (Lipinski definition) is 0. The predicted molar refractivity (Wildman–Crippen MR) is 265 cm³/mol. The quantitative estimate of drug-likeness (QED) is 0.0199. The Morgan fingerprint density at radius 3 is 1.06 bits per heavy atom. The Labute approximate surface area is 382 Å². The summed E-state index contributed by atoms with van der Waals surface area (Å²) < 4.78 is 16.8. The Balaban J connectivity index is 4.44. The molecule has 0 saturated carbocycles. The molecular weight excluding hydrogens is 769 g/mol. The van der Waals surface area contributed by atoms with E-state index in [9.17, 15) is 14.4 Å². The predicted octanol–water partition coefficient (Wildman–Crippen LogP) is 17.0. The molecule has 0 radical (unpaired) electrons. The van der Waals surface area contributed by atoms with Gasteiger partial charge in [0.2, 0.25) is 0 Å². The molecule has 0 aromatic rings. The summed E-state index contributed by atoms with van der Waals surface area (Å²) in [6, 6.07) is 0. The van der Waals surface area contributed by atoms with Crippen molar-refractivity contribution in [3.8, 4) is 0 Å². The first-order chi connectivity index (χ1) is 30.5. The number of esters is 3. The molecule has 0 rings (SSSR count). The van der Waals surface area contributed by atoms with Gasteiger partial charge in [-0.2, -0.15) is 0 Å². The average Bonchev–Trinajstić information content (AvgIpc) is 3.27. The minimum absolute atomic E-state index is 0.0941. The third-order valence-electron chi connectivity index (χ3n) is 11.0. The van der Waals surface area contributed by atoms with E-state index in [1.54, 1.807) is 0 Å². The van der Waals surface area contributed by atoms with Crippen LogP contribution in [0.3, 0.4) is 0 Å². The van der Waals surface area contributed by atoms with Crippen LogP contribution < -0.4 is 0 Å². The van der Waals surface area contributed by atoms with Crippen molar-refractivity contribution < 1.29 is 28.6 Å². The summed E-state index contributed by atoms with van der Waals surface area (Å²) in [4.78, 5) is 38.0. The number of carbonyl (C=O) groups is 3. The van der Waals surface area contributed by atoms with Gasteiger partial charge in [0.05, 0.1) is 0 Å². The van der Waals surface area contributed by atoms with Gasteiger partial charge >= 0.3 is 17.9 Å². The molecule has 0 aliphatic carbocycles. The number of rotatable bonds is 46. The van der Waals surface area contributed by atoms with E-state index in [-0.39, 0.29) is 31.1 Å². The third kappa shape index (κ3) is 47.9. The Hall–Kier alpha value is -3.15. The van der Waals surface area contributed by atoms with Crippen molar-refractivity contribution in [3.63, 3.8) is 0 Å². The van der Waals surface area contributed by atoms with E-state index < -0.39 is 6.10 Å². The summed E-state index contributed by atoms with van der Waals surface area (Å²) in [5.74, 6) is -0.945. The number of allylic oxidation sites excluding steroid dienone is 12. The van der Waals surface area contributed by atoms with Gasteiger partial charge in [-0.3, -0.25) is 14.4 Å². The molecule has 62 heavy (non-hydrogen) atoms. The van der Waals surface area contributed by atoms with Gasteiger partial charge < -0.3 is 14.2 Å². The van der Waals surface area contributed by atoms with E-state index in [4.69, 9.17) is 14.2 Å². The Morgan fingerprint density at radius 1 is 0.339 bits per heavy atom. The lowest BCUT2D eigenvalue weighted by atomic mass is 10.1. The molecule has 0 spiro atoms. The van der Waals surface area contributed by atoms with Crippen LogP contribution in [-0.2, 0) is 28.6 Å². The van der Waals surface area contributed by atoms with Crippen LogP contribution in [-0.4, -0.2) is 37.2 Å². The van der Waals surface area contributed by atoms with Crippen LogP contribution >= 0.6 is 0 Å². The molecule has 0 amide bonds. The lowest BCUT2D eigenvalue weighted by Gasteiger charge is -2.18. The van der Waals surface area contributed by atoms with Crippen molar-refractivity contribution in [1.29, 1.82) is 0 Å². The van der Waals surface area contributed by atoms with Crippen LogP contribution in [0.2, 0.25) is 0 Å². The highest BCUT2D eigenvalue weighted by atomic mass is 16.6. The molecule has 0 aromatic carbocycles. The molecule has 0 fully saturated rings. The van der Waals surface area contributed by atoms with Gasteiger partial charge in [0, 0.05) is 19.3 Å². The summed E-state index contributed by atoms with van der Waals surface area (Å²) in [5, 5.41) is 0. The van der Waals surface area contributed by atoms with Gasteiger partial charge in [-0.1, -0.05) is 209 Å². The molecule has 0 aliphatic heterocycles. The first-order valence-corrected chi connectivity index (χ1v) is 26.0. The zero-order chi connectivity index (χ0) is 45.1. The van der Waals surface area contributed by atoms with Crippen molar-refractivity contribution in [3.05, 3.63) is 72.9 Å². The van der Waals surface area contributed by atoms with Crippen molar-refractivity contribution in [2.75, 3.05) is 13.2 Å². The van der Waals surface area contributed by atoms with Crippen LogP contribution in [0, 0.1) is 0 Å². The van der Waals surface area contributed by atoms with Gasteiger partial charge in [-0.05, 0) is 89.9 Å². The highest BCUT2D eigenvalue weighted by Gasteiger charge is 2.19. The molecule has 1 unspecified atom stereocenters. The van der Waals surface area contributed by atoms with E-state index in [1.165, 1.54) is 128 Å². The van der Waals surface area contributed by atoms with Crippen LogP contribution in [0.15, 0.2) is 72.9 Å². The van der Waals surface area contributed by atoms with Gasteiger partial charge in [0.15, 0.2) is 6.10 Å². The molecule has 1 atom stereocenters. The Morgan fingerprint density at radius 2 is 0.645 bits per heavy atom. The van der Waals surface area contributed by atoms with Crippen LogP contribution in [0.5, 0.6) is 0 Å². The van der Waals surface area contributed by atoms with E-state index in [0.717, 1.165) is 77.0 Å². The fraction of sp³-hybridized carbons (Fsp3) is 0.732. The van der Waals surface area contributed by atoms with Crippen LogP contribution in [0.25, 0.3) is 0 Å². The SMILES string of the molecule is CC/C=C/C=C/C=C/C=C/CCCCCC(=O)OCC(COC(=O)CCCCCCC/C=C/CCCCCCCCC)OC(=O)CCCCCCCCC/C=C/CCCCCC. The largest absolute Gasteiger partial charge is 0.462 e. The Bertz CT molecular complexity index is 1180. The summed E-state index contributed by atoms with van der Waals surface area (Å²) in [6.45, 7) is 6.44. The summed E-state index contributed by atoms with van der Waals surface area (Å²) in [7, 11) is 0. The molecule has 0 saturated heterocycles. The number of ether oxygens (including phenoxy) is 3. The lowest BCUT2D eigenvalue weighted by molar-refractivity contribution is -0.167. The monoisotopic (exact) mass is 865 g/mol. The van der Waals surface area contributed by atoms with E-state index >= 15 is 0 Å². The van der Waals surface area contributed by atoms with Gasteiger partial charge in [0.25, 0.3) is 0 Å². The van der Waals surface area contributed by atoms with E-state index in [0.29, 0.717) is 19.3 Å². The second kappa shape index (κ2) is 50.5. The highest BCUT2D eigenvalue weighted by molar-refractivity contribution is 5.71. The maximum absolute atomic E-state index is 12.8. The highest BCUT2D eigenvalue weighted by Crippen LogP contribution is 2.14. The average molecular weight is 865 g/mol. The zero-order valence-corrected chi connectivity index (χ0v) is 40.6. The number of hydrogen-bond acceptors (Lipinski definition) is 6. The number of carbonyl (C=O) groups excluding carboxylic acids is 3. The molecule has 0 heterocycles. The molecule has 0 bridgehead atoms. The molecule has 0 aromatic heterocycles. The fourth-order valence-corrected chi connectivity index (χ4v) is 7.09. The standard InChI is InChI=1S/C56H96O6/c1-4-7-10-13-16-19-22-25-27-29-31-34-37-40-43-46-49-55(58)61-52-53(51-60-54(57)48-45-42-39-36-33-30-24-21-18-15-12-9-6-3)62-56(59)50-47-44-41-38-35-32-28-26-23-20-17-14-11-8-5-2/h9,12,15,18,20-21,23-24,27,29-30,33,53H,4-8,10-11,13-14,16-17,19,22,25-26,28,31-32,34-52H2,1-3H3/b12-9+,18-15+,23-20+,24-21+,29-27+,33-30+. The summed E-state index contributed by atoms with van der Waals surface area (Å²) in [6.07, 6.45) is 63.1. The third-order valence-corrected chi connectivity index (χ3v) is 11.0. The van der Waals surface area contributed by atoms with Crippen molar-refractivity contribution in [2.45, 2.75) is 252 Å². The summed E-state index contributed by atoms with van der Waals surface area (Å²) in [5.41, 5.74) is 0. The second-order valence-electron chi connectivity index (χ2n) is 17.1. The number of unbranched alkanes of at least 4 members (excludes halogenated alkanes) is 26. The van der Waals surface area contributed by atoms with E-state index in [1.807, 2.05) is 36.5 Å².